The Morgan fingerprint density at radius 1 is 1.38 bits per heavy atom. The van der Waals surface area contributed by atoms with Crippen LogP contribution < -0.4 is 5.73 Å². The van der Waals surface area contributed by atoms with Gasteiger partial charge in [-0.3, -0.25) is 0 Å². The molecule has 4 N–H and O–H groups in total. The minimum atomic E-state index is -0.627. The molecule has 4 nitrogen and oxygen atoms in total. The highest BCUT2D eigenvalue weighted by Gasteiger charge is 2.20. The van der Waals surface area contributed by atoms with Gasteiger partial charge in [-0.15, -0.1) is 0 Å². The second-order valence-corrected chi connectivity index (χ2v) is 5.31. The summed E-state index contributed by atoms with van der Waals surface area (Å²) in [6, 6.07) is 6.27. The zero-order valence-corrected chi connectivity index (χ0v) is 15.6. The molecule has 0 saturated carbocycles. The number of ether oxygens (including phenoxy) is 1. The van der Waals surface area contributed by atoms with Crippen molar-refractivity contribution in [2.24, 2.45) is 5.73 Å². The first-order valence-corrected chi connectivity index (χ1v) is 8.52. The number of methoxy groups -OCH3 is 1. The van der Waals surface area contributed by atoms with Gasteiger partial charge in [0.1, 0.15) is 0 Å². The Kier molecular flexibility index (Phi) is 7.59. The number of nitrogens with two attached hydrogens (primary N) is 1. The summed E-state index contributed by atoms with van der Waals surface area (Å²) in [6.45, 7) is 9.79. The number of aliphatic hydroxyl groups is 1. The average Bonchev–Trinajstić information content (AvgIpc) is 2.99. The summed E-state index contributed by atoms with van der Waals surface area (Å²) in [5.41, 5.74) is 10.7. The van der Waals surface area contributed by atoms with Gasteiger partial charge in [0.15, 0.2) is 5.88 Å². The predicted molar refractivity (Wildman–Crippen MR) is 103 cm³/mol. The van der Waals surface area contributed by atoms with Crippen LogP contribution in [0.3, 0.4) is 0 Å². The molecule has 4 heteroatoms. The Hall–Kier alpha value is -2.20. The normalized spacial score (nSPS) is 13.5. The van der Waals surface area contributed by atoms with Crippen molar-refractivity contribution in [1.29, 1.82) is 0 Å². The quantitative estimate of drug-likeness (QED) is 0.551. The maximum atomic E-state index is 10.1. The van der Waals surface area contributed by atoms with Crippen LogP contribution in [0.1, 0.15) is 57.5 Å². The highest BCUT2D eigenvalue weighted by Crippen LogP contribution is 2.34. The third-order valence-corrected chi connectivity index (χ3v) is 3.81. The average molecular weight is 330 g/mol. The summed E-state index contributed by atoms with van der Waals surface area (Å²) in [7, 11) is 1.55. The van der Waals surface area contributed by atoms with E-state index in [1.54, 1.807) is 14.0 Å². The number of nitrogens with one attached hydrogen (secondary N) is 1. The van der Waals surface area contributed by atoms with E-state index >= 15 is 0 Å². The van der Waals surface area contributed by atoms with E-state index in [1.165, 1.54) is 5.56 Å². The van der Waals surface area contributed by atoms with Crippen LogP contribution in [0, 0.1) is 0 Å². The van der Waals surface area contributed by atoms with Crippen molar-refractivity contribution >= 4 is 16.5 Å². The Morgan fingerprint density at radius 3 is 2.54 bits per heavy atom. The molecule has 0 aliphatic carbocycles. The van der Waals surface area contributed by atoms with E-state index in [2.05, 4.69) is 24.0 Å². The molecule has 2 aromatic rings. The number of aryl methyl sites for hydroxylation is 1. The summed E-state index contributed by atoms with van der Waals surface area (Å²) in [5, 5.41) is 11.2. The number of aromatic nitrogens is 1. The SMILES string of the molecule is C/C=C\C(=C(/N)OC)c1c(C(C)O)[nH]c2ccc(CC)cc12.CC. The third-order valence-electron chi connectivity index (χ3n) is 3.81. The number of benzene rings is 1. The molecule has 1 aromatic heterocycles. The Labute approximate surface area is 145 Å². The van der Waals surface area contributed by atoms with Crippen molar-refractivity contribution in [2.75, 3.05) is 7.11 Å². The van der Waals surface area contributed by atoms with Crippen LogP contribution in [0.25, 0.3) is 16.5 Å². The molecule has 0 amide bonds. The van der Waals surface area contributed by atoms with Crippen molar-refractivity contribution in [1.82, 2.24) is 4.98 Å². The summed E-state index contributed by atoms with van der Waals surface area (Å²) in [5.74, 6) is 0.336. The molecule has 0 saturated heterocycles. The maximum Gasteiger partial charge on any atom is 0.191 e. The predicted octanol–water partition coefficient (Wildman–Crippen LogP) is 4.66. The fourth-order valence-electron chi connectivity index (χ4n) is 2.65. The standard InChI is InChI=1S/C18H24N2O2.C2H6/c1-5-7-13(18(19)22-4)16-14-10-12(6-2)8-9-15(14)20-17(16)11(3)21;1-2/h5,7-11,20-21H,6,19H2,1-4H3;1-2H3/b7-5-,18-13-;. The summed E-state index contributed by atoms with van der Waals surface area (Å²) in [4.78, 5) is 3.30. The van der Waals surface area contributed by atoms with E-state index in [9.17, 15) is 5.11 Å². The number of allylic oxidation sites excluding steroid dienone is 3. The van der Waals surface area contributed by atoms with E-state index < -0.39 is 6.10 Å². The Bertz CT molecular complexity index is 725. The lowest BCUT2D eigenvalue weighted by atomic mass is 9.98. The summed E-state index contributed by atoms with van der Waals surface area (Å²) >= 11 is 0. The molecular weight excluding hydrogens is 300 g/mol. The van der Waals surface area contributed by atoms with Gasteiger partial charge in [0.2, 0.25) is 0 Å². The highest BCUT2D eigenvalue weighted by atomic mass is 16.5. The molecule has 1 heterocycles. The van der Waals surface area contributed by atoms with E-state index in [1.807, 2.05) is 39.0 Å². The first-order valence-electron chi connectivity index (χ1n) is 8.52. The van der Waals surface area contributed by atoms with Crippen LogP contribution in [0.2, 0.25) is 0 Å². The van der Waals surface area contributed by atoms with Crippen LogP contribution in [0.15, 0.2) is 36.2 Å². The first kappa shape index (κ1) is 19.8. The minimum absolute atomic E-state index is 0.336. The number of hydrogen-bond acceptors (Lipinski definition) is 3. The molecule has 0 spiro atoms. The van der Waals surface area contributed by atoms with Gasteiger partial charge in [0.25, 0.3) is 0 Å². The van der Waals surface area contributed by atoms with Crippen LogP contribution >= 0.6 is 0 Å². The maximum absolute atomic E-state index is 10.1. The van der Waals surface area contributed by atoms with Crippen molar-refractivity contribution in [2.45, 2.75) is 47.1 Å². The molecule has 1 unspecified atom stereocenters. The fraction of sp³-hybridized carbons (Fsp3) is 0.400. The van der Waals surface area contributed by atoms with E-state index in [0.717, 1.165) is 34.2 Å². The van der Waals surface area contributed by atoms with Gasteiger partial charge in [0, 0.05) is 22.0 Å². The topological polar surface area (TPSA) is 71.3 Å². The van der Waals surface area contributed by atoms with E-state index in [0.29, 0.717) is 5.88 Å². The second kappa shape index (κ2) is 9.18. The molecule has 0 aliphatic rings. The third kappa shape index (κ3) is 4.01. The minimum Gasteiger partial charge on any atom is -0.482 e. The number of fused-ring (bicyclic) bond motifs is 1. The summed E-state index contributed by atoms with van der Waals surface area (Å²) < 4.78 is 5.24. The lowest BCUT2D eigenvalue weighted by Crippen LogP contribution is -2.05. The molecule has 0 bridgehead atoms. The smallest absolute Gasteiger partial charge is 0.191 e. The van der Waals surface area contributed by atoms with Gasteiger partial charge in [-0.2, -0.15) is 0 Å². The number of H-pyrrole nitrogens is 1. The van der Waals surface area contributed by atoms with Crippen LogP contribution in [0.5, 0.6) is 0 Å². The van der Waals surface area contributed by atoms with Gasteiger partial charge < -0.3 is 20.6 Å². The van der Waals surface area contributed by atoms with E-state index in [4.69, 9.17) is 10.5 Å². The molecule has 0 radical (unpaired) electrons. The second-order valence-electron chi connectivity index (χ2n) is 5.31. The van der Waals surface area contributed by atoms with Crippen LogP contribution in [-0.2, 0) is 11.2 Å². The van der Waals surface area contributed by atoms with Crippen molar-refractivity contribution in [3.63, 3.8) is 0 Å². The van der Waals surface area contributed by atoms with Crippen molar-refractivity contribution in [3.8, 4) is 0 Å². The van der Waals surface area contributed by atoms with Crippen molar-refractivity contribution in [3.05, 3.63) is 53.1 Å². The van der Waals surface area contributed by atoms with Gasteiger partial charge in [-0.05, 0) is 38.0 Å². The lowest BCUT2D eigenvalue weighted by Gasteiger charge is -2.11. The van der Waals surface area contributed by atoms with Gasteiger partial charge >= 0.3 is 0 Å². The van der Waals surface area contributed by atoms with Gasteiger partial charge in [-0.25, -0.2) is 0 Å². The van der Waals surface area contributed by atoms with Crippen molar-refractivity contribution < 1.29 is 9.84 Å². The molecule has 1 atom stereocenters. The Balaban J connectivity index is 0.00000139. The molecular formula is C20H30N2O2. The number of rotatable bonds is 5. The van der Waals surface area contributed by atoms with Crippen LogP contribution in [-0.4, -0.2) is 17.2 Å². The fourth-order valence-corrected chi connectivity index (χ4v) is 2.65. The molecule has 24 heavy (non-hydrogen) atoms. The lowest BCUT2D eigenvalue weighted by molar-refractivity contribution is 0.195. The van der Waals surface area contributed by atoms with Gasteiger partial charge in [-0.1, -0.05) is 39.0 Å². The number of aliphatic hydroxyl groups excluding tert-OH is 1. The summed E-state index contributed by atoms with van der Waals surface area (Å²) in [6.07, 6.45) is 4.14. The van der Waals surface area contributed by atoms with Crippen LogP contribution in [0.4, 0.5) is 0 Å². The largest absolute Gasteiger partial charge is 0.482 e. The number of aromatic amines is 1. The number of hydrogen-bond donors (Lipinski definition) is 3. The molecule has 132 valence electrons. The van der Waals surface area contributed by atoms with E-state index in [-0.39, 0.29) is 0 Å². The zero-order valence-electron chi connectivity index (χ0n) is 15.6. The molecule has 0 fully saturated rings. The highest BCUT2D eigenvalue weighted by molar-refractivity contribution is 5.97. The first-order chi connectivity index (χ1) is 11.5. The molecule has 1 aromatic carbocycles. The zero-order chi connectivity index (χ0) is 18.3. The van der Waals surface area contributed by atoms with Gasteiger partial charge in [0.05, 0.1) is 18.9 Å². The Morgan fingerprint density at radius 2 is 2.04 bits per heavy atom. The molecule has 0 aliphatic heterocycles. The monoisotopic (exact) mass is 330 g/mol. The molecule has 2 rings (SSSR count).